The first-order valence-corrected chi connectivity index (χ1v) is 8.00. The van der Waals surface area contributed by atoms with Crippen LogP contribution in [0.15, 0.2) is 46.2 Å². The number of para-hydroxylation sites is 1. The van der Waals surface area contributed by atoms with Gasteiger partial charge in [0.05, 0.1) is 11.4 Å². The van der Waals surface area contributed by atoms with Crippen LogP contribution in [-0.4, -0.2) is 17.4 Å². The molecule has 1 atom stereocenters. The summed E-state index contributed by atoms with van der Waals surface area (Å²) in [7, 11) is 0. The molecule has 5 heteroatoms. The summed E-state index contributed by atoms with van der Waals surface area (Å²) < 4.78 is 0. The van der Waals surface area contributed by atoms with Gasteiger partial charge in [-0.2, -0.15) is 21.4 Å². The second kappa shape index (κ2) is 5.85. The number of amides is 1. The molecule has 0 saturated heterocycles. The standard InChI is InChI=1S/C17H16N2O2S/c1-11-9-22-10-13(11)8-15(20)16-12(2)18-19(17(16)21)14-6-4-3-5-7-14/h3-7,9-10,16H,8H2,1-2H3. The zero-order valence-corrected chi connectivity index (χ0v) is 13.3. The van der Waals surface area contributed by atoms with E-state index in [1.807, 2.05) is 48.0 Å². The lowest BCUT2D eigenvalue weighted by Gasteiger charge is -2.13. The van der Waals surface area contributed by atoms with Crippen LogP contribution < -0.4 is 5.01 Å². The largest absolute Gasteiger partial charge is 0.298 e. The number of benzene rings is 1. The number of rotatable bonds is 4. The Morgan fingerprint density at radius 1 is 1.23 bits per heavy atom. The van der Waals surface area contributed by atoms with Gasteiger partial charge in [-0.15, -0.1) is 0 Å². The molecule has 1 amide bonds. The zero-order chi connectivity index (χ0) is 15.7. The summed E-state index contributed by atoms with van der Waals surface area (Å²) in [6.45, 7) is 3.72. The fourth-order valence-corrected chi connectivity index (χ4v) is 3.41. The van der Waals surface area contributed by atoms with Gasteiger partial charge in [-0.25, -0.2) is 0 Å². The monoisotopic (exact) mass is 312 g/mol. The highest BCUT2D eigenvalue weighted by Gasteiger charge is 2.39. The summed E-state index contributed by atoms with van der Waals surface area (Å²) in [4.78, 5) is 25.1. The van der Waals surface area contributed by atoms with Crippen LogP contribution in [-0.2, 0) is 16.0 Å². The van der Waals surface area contributed by atoms with Gasteiger partial charge in [-0.3, -0.25) is 9.59 Å². The minimum atomic E-state index is -0.764. The lowest BCUT2D eigenvalue weighted by molar-refractivity contribution is -0.128. The van der Waals surface area contributed by atoms with Crippen LogP contribution in [0.1, 0.15) is 18.1 Å². The van der Waals surface area contributed by atoms with Crippen molar-refractivity contribution in [3.63, 3.8) is 0 Å². The Balaban J connectivity index is 1.81. The molecular formula is C17H16N2O2S. The second-order valence-electron chi connectivity index (χ2n) is 5.38. The molecule has 1 aliphatic heterocycles. The molecule has 1 unspecified atom stereocenters. The van der Waals surface area contributed by atoms with Crippen molar-refractivity contribution < 1.29 is 9.59 Å². The number of carbonyl (C=O) groups is 2. The number of hydrogen-bond acceptors (Lipinski definition) is 4. The predicted molar refractivity (Wildman–Crippen MR) is 88.3 cm³/mol. The van der Waals surface area contributed by atoms with Crippen LogP contribution in [0.5, 0.6) is 0 Å². The number of hydrazone groups is 1. The number of ketones is 1. The first-order valence-electron chi connectivity index (χ1n) is 7.06. The molecule has 2 heterocycles. The molecule has 1 aromatic heterocycles. The first kappa shape index (κ1) is 14.7. The minimum Gasteiger partial charge on any atom is -0.298 e. The highest BCUT2D eigenvalue weighted by Crippen LogP contribution is 2.25. The van der Waals surface area contributed by atoms with Crippen molar-refractivity contribution in [2.75, 3.05) is 5.01 Å². The van der Waals surface area contributed by atoms with Crippen molar-refractivity contribution in [3.05, 3.63) is 52.2 Å². The molecule has 1 aliphatic rings. The van der Waals surface area contributed by atoms with Gasteiger partial charge in [-0.05, 0) is 47.9 Å². The zero-order valence-electron chi connectivity index (χ0n) is 12.4. The van der Waals surface area contributed by atoms with Gasteiger partial charge in [0.1, 0.15) is 5.92 Å². The summed E-state index contributed by atoms with van der Waals surface area (Å²) in [5.74, 6) is -1.12. The Kier molecular flexibility index (Phi) is 3.90. The van der Waals surface area contributed by atoms with Crippen LogP contribution >= 0.6 is 11.3 Å². The van der Waals surface area contributed by atoms with E-state index in [0.29, 0.717) is 11.4 Å². The van der Waals surface area contributed by atoms with Gasteiger partial charge in [0.2, 0.25) is 0 Å². The third-order valence-corrected chi connectivity index (χ3v) is 4.69. The lowest BCUT2D eigenvalue weighted by Crippen LogP contribution is -2.33. The second-order valence-corrected chi connectivity index (χ2v) is 6.13. The molecule has 0 bridgehead atoms. The summed E-state index contributed by atoms with van der Waals surface area (Å²) in [5.41, 5.74) is 3.34. The molecule has 0 N–H and O–H groups in total. The van der Waals surface area contributed by atoms with Crippen LogP contribution in [0.25, 0.3) is 0 Å². The average molecular weight is 312 g/mol. The Morgan fingerprint density at radius 3 is 2.59 bits per heavy atom. The summed E-state index contributed by atoms with van der Waals surface area (Å²) in [6, 6.07) is 9.19. The van der Waals surface area contributed by atoms with Gasteiger partial charge in [0.25, 0.3) is 5.91 Å². The predicted octanol–water partition coefficient (Wildman–Crippen LogP) is 3.21. The van der Waals surface area contributed by atoms with E-state index in [1.54, 1.807) is 18.3 Å². The van der Waals surface area contributed by atoms with Gasteiger partial charge < -0.3 is 0 Å². The molecule has 0 saturated carbocycles. The molecular weight excluding hydrogens is 296 g/mol. The quantitative estimate of drug-likeness (QED) is 0.814. The highest BCUT2D eigenvalue weighted by atomic mass is 32.1. The number of aryl methyl sites for hydroxylation is 1. The molecule has 3 rings (SSSR count). The summed E-state index contributed by atoms with van der Waals surface area (Å²) in [6.07, 6.45) is 0.279. The van der Waals surface area contributed by atoms with Crippen LogP contribution in [0, 0.1) is 12.8 Å². The van der Waals surface area contributed by atoms with Crippen LogP contribution in [0.3, 0.4) is 0 Å². The Morgan fingerprint density at radius 2 is 1.95 bits per heavy atom. The smallest absolute Gasteiger partial charge is 0.263 e. The van der Waals surface area contributed by atoms with Crippen molar-refractivity contribution in [3.8, 4) is 0 Å². The number of anilines is 1. The number of carbonyl (C=O) groups excluding carboxylic acids is 2. The lowest BCUT2D eigenvalue weighted by atomic mass is 9.94. The maximum absolute atomic E-state index is 12.6. The molecule has 2 aromatic rings. The summed E-state index contributed by atoms with van der Waals surface area (Å²) >= 11 is 1.57. The van der Waals surface area contributed by atoms with E-state index in [9.17, 15) is 9.59 Å². The van der Waals surface area contributed by atoms with E-state index in [2.05, 4.69) is 5.10 Å². The third-order valence-electron chi connectivity index (χ3n) is 3.78. The SMILES string of the molecule is CC1=NN(c2ccccc2)C(=O)C1C(=O)Cc1cscc1C. The summed E-state index contributed by atoms with van der Waals surface area (Å²) in [5, 5.41) is 9.58. The van der Waals surface area contributed by atoms with E-state index in [-0.39, 0.29) is 18.1 Å². The Bertz CT molecular complexity index is 749. The van der Waals surface area contributed by atoms with E-state index < -0.39 is 5.92 Å². The fraction of sp³-hybridized carbons (Fsp3) is 0.235. The molecule has 1 aromatic carbocycles. The molecule has 4 nitrogen and oxygen atoms in total. The molecule has 0 fully saturated rings. The molecule has 0 radical (unpaired) electrons. The van der Waals surface area contributed by atoms with Gasteiger partial charge in [0, 0.05) is 6.42 Å². The van der Waals surface area contributed by atoms with Gasteiger partial charge >= 0.3 is 0 Å². The topological polar surface area (TPSA) is 49.7 Å². The minimum absolute atomic E-state index is 0.0915. The van der Waals surface area contributed by atoms with Crippen molar-refractivity contribution in [2.24, 2.45) is 11.0 Å². The number of Topliss-reactive ketones (excluding diaryl/α,β-unsaturated/α-hetero) is 1. The number of nitrogens with zero attached hydrogens (tertiary/aromatic N) is 2. The number of hydrogen-bond donors (Lipinski definition) is 0. The van der Waals surface area contributed by atoms with Crippen LogP contribution in [0.4, 0.5) is 5.69 Å². The van der Waals surface area contributed by atoms with Crippen molar-refractivity contribution in [1.29, 1.82) is 0 Å². The third kappa shape index (κ3) is 2.60. The fourth-order valence-electron chi connectivity index (χ4n) is 2.55. The van der Waals surface area contributed by atoms with Crippen LogP contribution in [0.2, 0.25) is 0 Å². The van der Waals surface area contributed by atoms with Crippen molar-refractivity contribution in [1.82, 2.24) is 0 Å². The van der Waals surface area contributed by atoms with Crippen molar-refractivity contribution >= 4 is 34.4 Å². The van der Waals surface area contributed by atoms with E-state index in [4.69, 9.17) is 0 Å². The van der Waals surface area contributed by atoms with E-state index in [1.165, 1.54) is 5.01 Å². The maximum Gasteiger partial charge on any atom is 0.263 e. The first-order chi connectivity index (χ1) is 10.6. The van der Waals surface area contributed by atoms with Gasteiger partial charge in [0.15, 0.2) is 5.78 Å². The highest BCUT2D eigenvalue weighted by molar-refractivity contribution is 7.08. The van der Waals surface area contributed by atoms with E-state index >= 15 is 0 Å². The molecule has 112 valence electrons. The maximum atomic E-state index is 12.6. The molecule has 0 spiro atoms. The Labute approximate surface area is 133 Å². The normalized spacial score (nSPS) is 17.7. The Hall–Kier alpha value is -2.27. The van der Waals surface area contributed by atoms with E-state index in [0.717, 1.165) is 11.1 Å². The molecule has 0 aliphatic carbocycles. The number of thiophene rings is 1. The average Bonchev–Trinajstić information content (AvgIpc) is 3.03. The molecule has 22 heavy (non-hydrogen) atoms. The van der Waals surface area contributed by atoms with Gasteiger partial charge in [-0.1, -0.05) is 18.2 Å². The van der Waals surface area contributed by atoms with Crippen molar-refractivity contribution in [2.45, 2.75) is 20.3 Å².